The number of carbonyl (C=O) groups is 2. The van der Waals surface area contributed by atoms with Crippen molar-refractivity contribution < 1.29 is 19.8 Å². The topological polar surface area (TPSA) is 122 Å². The maximum atomic E-state index is 11.7. The van der Waals surface area contributed by atoms with Gasteiger partial charge in [0, 0.05) is 12.7 Å². The Morgan fingerprint density at radius 2 is 2.05 bits per heavy atom. The molecule has 0 saturated heterocycles. The van der Waals surface area contributed by atoms with E-state index in [0.717, 1.165) is 6.20 Å². The summed E-state index contributed by atoms with van der Waals surface area (Å²) in [4.78, 5) is 22.7. The molecule has 106 valence electrons. The molecule has 0 saturated carbocycles. The maximum absolute atomic E-state index is 11.7. The van der Waals surface area contributed by atoms with Gasteiger partial charge in [0.15, 0.2) is 0 Å². The SMILES string of the molecule is CC(C)CC(NC(=O)/C(C#N)=C\NCCO)C(=O)O. The number of hydrogen-bond donors (Lipinski definition) is 4. The average Bonchev–Trinajstić information content (AvgIpc) is 2.33. The Kier molecular flexibility index (Phi) is 7.97. The van der Waals surface area contributed by atoms with Crippen molar-refractivity contribution in [1.29, 1.82) is 5.26 Å². The fourth-order valence-electron chi connectivity index (χ4n) is 1.32. The second-order valence-corrected chi connectivity index (χ2v) is 4.34. The zero-order valence-corrected chi connectivity index (χ0v) is 11.0. The second kappa shape index (κ2) is 8.94. The minimum Gasteiger partial charge on any atom is -0.480 e. The Hall–Kier alpha value is -2.07. The fraction of sp³-hybridized carbons (Fsp3) is 0.583. The summed E-state index contributed by atoms with van der Waals surface area (Å²) in [5.41, 5.74) is -0.233. The van der Waals surface area contributed by atoms with Gasteiger partial charge in [0.25, 0.3) is 5.91 Å². The Labute approximate surface area is 111 Å². The summed E-state index contributed by atoms with van der Waals surface area (Å²) in [6.45, 7) is 3.74. The van der Waals surface area contributed by atoms with Crippen LogP contribution in [0.1, 0.15) is 20.3 Å². The lowest BCUT2D eigenvalue weighted by Gasteiger charge is -2.16. The number of aliphatic carboxylic acids is 1. The van der Waals surface area contributed by atoms with E-state index in [1.54, 1.807) is 6.07 Å². The van der Waals surface area contributed by atoms with Gasteiger partial charge in [0.2, 0.25) is 0 Å². The highest BCUT2D eigenvalue weighted by atomic mass is 16.4. The summed E-state index contributed by atoms with van der Waals surface area (Å²) in [5.74, 6) is -1.79. The summed E-state index contributed by atoms with van der Waals surface area (Å²) in [7, 11) is 0. The Bertz CT molecular complexity index is 385. The van der Waals surface area contributed by atoms with E-state index < -0.39 is 17.9 Å². The van der Waals surface area contributed by atoms with Crippen molar-refractivity contribution in [2.45, 2.75) is 26.3 Å². The third-order valence-electron chi connectivity index (χ3n) is 2.18. The minimum atomic E-state index is -1.14. The highest BCUT2D eigenvalue weighted by molar-refractivity contribution is 5.99. The van der Waals surface area contributed by atoms with E-state index in [1.165, 1.54) is 0 Å². The number of nitrogens with one attached hydrogen (secondary N) is 2. The van der Waals surface area contributed by atoms with E-state index >= 15 is 0 Å². The first-order chi connectivity index (χ1) is 8.92. The van der Waals surface area contributed by atoms with E-state index in [1.807, 2.05) is 13.8 Å². The molecule has 0 fully saturated rings. The Morgan fingerprint density at radius 3 is 2.47 bits per heavy atom. The first-order valence-corrected chi connectivity index (χ1v) is 5.90. The molecule has 7 heteroatoms. The van der Waals surface area contributed by atoms with Crippen LogP contribution in [-0.2, 0) is 9.59 Å². The Morgan fingerprint density at radius 1 is 1.42 bits per heavy atom. The normalized spacial score (nSPS) is 12.7. The average molecular weight is 269 g/mol. The second-order valence-electron chi connectivity index (χ2n) is 4.34. The molecule has 1 unspecified atom stereocenters. The lowest BCUT2D eigenvalue weighted by atomic mass is 10.0. The van der Waals surface area contributed by atoms with Crippen LogP contribution in [0.3, 0.4) is 0 Å². The molecule has 0 bridgehead atoms. The highest BCUT2D eigenvalue weighted by Gasteiger charge is 2.22. The predicted octanol–water partition coefficient (Wildman–Crippen LogP) is -0.409. The molecule has 4 N–H and O–H groups in total. The van der Waals surface area contributed by atoms with Gasteiger partial charge < -0.3 is 20.8 Å². The number of nitrogens with zero attached hydrogens (tertiary/aromatic N) is 1. The van der Waals surface area contributed by atoms with Gasteiger partial charge in [0.05, 0.1) is 6.61 Å². The van der Waals surface area contributed by atoms with Crippen LogP contribution < -0.4 is 10.6 Å². The van der Waals surface area contributed by atoms with Crippen LogP contribution in [0.2, 0.25) is 0 Å². The van der Waals surface area contributed by atoms with Crippen molar-refractivity contribution in [2.75, 3.05) is 13.2 Å². The van der Waals surface area contributed by atoms with Crippen molar-refractivity contribution in [2.24, 2.45) is 5.92 Å². The van der Waals surface area contributed by atoms with Gasteiger partial charge in [-0.05, 0) is 12.3 Å². The fourth-order valence-corrected chi connectivity index (χ4v) is 1.32. The zero-order valence-electron chi connectivity index (χ0n) is 11.0. The van der Waals surface area contributed by atoms with Gasteiger partial charge in [-0.15, -0.1) is 0 Å². The molecule has 7 nitrogen and oxygen atoms in total. The van der Waals surface area contributed by atoms with E-state index in [2.05, 4.69) is 10.6 Å². The molecule has 0 aliphatic carbocycles. The molecule has 0 aromatic heterocycles. The molecule has 0 rings (SSSR count). The number of carbonyl (C=O) groups excluding carboxylic acids is 1. The summed E-state index contributed by atoms with van der Waals surface area (Å²) < 4.78 is 0. The summed E-state index contributed by atoms with van der Waals surface area (Å²) in [5, 5.41) is 31.2. The monoisotopic (exact) mass is 269 g/mol. The number of carboxylic acids is 1. The number of aliphatic hydroxyl groups is 1. The lowest BCUT2D eigenvalue weighted by molar-refractivity contribution is -0.141. The molecule has 19 heavy (non-hydrogen) atoms. The van der Waals surface area contributed by atoms with Gasteiger partial charge in [-0.2, -0.15) is 5.26 Å². The number of rotatable bonds is 8. The molecular weight excluding hydrogens is 250 g/mol. The first kappa shape index (κ1) is 16.9. The van der Waals surface area contributed by atoms with Crippen LogP contribution in [0, 0.1) is 17.2 Å². The molecule has 0 radical (unpaired) electrons. The molecule has 0 aromatic carbocycles. The first-order valence-electron chi connectivity index (χ1n) is 5.90. The number of carboxylic acid groups (broad SMARTS) is 1. The molecule has 1 atom stereocenters. The number of aliphatic hydroxyl groups excluding tert-OH is 1. The van der Waals surface area contributed by atoms with Crippen molar-refractivity contribution in [3.05, 3.63) is 11.8 Å². The summed E-state index contributed by atoms with van der Waals surface area (Å²) in [6, 6.07) is 0.645. The van der Waals surface area contributed by atoms with Crippen LogP contribution in [0.5, 0.6) is 0 Å². The van der Waals surface area contributed by atoms with Crippen molar-refractivity contribution in [1.82, 2.24) is 10.6 Å². The quantitative estimate of drug-likeness (QED) is 0.270. The maximum Gasteiger partial charge on any atom is 0.326 e. The minimum absolute atomic E-state index is 0.100. The highest BCUT2D eigenvalue weighted by Crippen LogP contribution is 2.06. The number of amides is 1. The van der Waals surface area contributed by atoms with Gasteiger partial charge >= 0.3 is 5.97 Å². The van der Waals surface area contributed by atoms with Crippen LogP contribution in [-0.4, -0.2) is 41.3 Å². The van der Waals surface area contributed by atoms with E-state index in [0.29, 0.717) is 0 Å². The lowest BCUT2D eigenvalue weighted by Crippen LogP contribution is -2.42. The van der Waals surface area contributed by atoms with Gasteiger partial charge in [0.1, 0.15) is 17.7 Å². The molecule has 0 aliphatic rings. The molecule has 0 aromatic rings. The smallest absolute Gasteiger partial charge is 0.326 e. The molecule has 0 spiro atoms. The van der Waals surface area contributed by atoms with Crippen molar-refractivity contribution in [3.63, 3.8) is 0 Å². The number of nitriles is 1. The van der Waals surface area contributed by atoms with E-state index in [-0.39, 0.29) is 31.1 Å². The van der Waals surface area contributed by atoms with Gasteiger partial charge in [-0.25, -0.2) is 4.79 Å². The van der Waals surface area contributed by atoms with E-state index in [9.17, 15) is 9.59 Å². The van der Waals surface area contributed by atoms with Crippen LogP contribution >= 0.6 is 0 Å². The van der Waals surface area contributed by atoms with Crippen molar-refractivity contribution in [3.8, 4) is 6.07 Å². The largest absolute Gasteiger partial charge is 0.480 e. The predicted molar refractivity (Wildman–Crippen MR) is 67.8 cm³/mol. The van der Waals surface area contributed by atoms with Crippen molar-refractivity contribution >= 4 is 11.9 Å². The third-order valence-corrected chi connectivity index (χ3v) is 2.18. The third kappa shape index (κ3) is 7.06. The molecule has 1 amide bonds. The standard InChI is InChI=1S/C12H19N3O4/c1-8(2)5-10(12(18)19)15-11(17)9(6-13)7-14-3-4-16/h7-8,10,14,16H,3-5H2,1-2H3,(H,15,17)(H,18,19)/b9-7-. The summed E-state index contributed by atoms with van der Waals surface area (Å²) in [6.07, 6.45) is 1.43. The van der Waals surface area contributed by atoms with Gasteiger partial charge in [-0.3, -0.25) is 4.79 Å². The van der Waals surface area contributed by atoms with Crippen LogP contribution in [0.4, 0.5) is 0 Å². The molecular formula is C12H19N3O4. The molecule has 0 aliphatic heterocycles. The zero-order chi connectivity index (χ0) is 14.8. The summed E-state index contributed by atoms with van der Waals surface area (Å²) >= 11 is 0. The van der Waals surface area contributed by atoms with Crippen LogP contribution in [0.25, 0.3) is 0 Å². The van der Waals surface area contributed by atoms with Crippen LogP contribution in [0.15, 0.2) is 11.8 Å². The van der Waals surface area contributed by atoms with Gasteiger partial charge in [-0.1, -0.05) is 13.8 Å². The van der Waals surface area contributed by atoms with E-state index in [4.69, 9.17) is 15.5 Å². The number of hydrogen-bond acceptors (Lipinski definition) is 5. The Balaban J connectivity index is 4.65. The molecule has 0 heterocycles.